The summed E-state index contributed by atoms with van der Waals surface area (Å²) in [6.07, 6.45) is 19.0. The van der Waals surface area contributed by atoms with E-state index >= 15 is 0 Å². The highest BCUT2D eigenvalue weighted by Gasteiger charge is 2.34. The highest BCUT2D eigenvalue weighted by atomic mass is 15.0. The van der Waals surface area contributed by atoms with E-state index in [9.17, 15) is 0 Å². The normalized spacial score (nSPS) is 13.6. The van der Waals surface area contributed by atoms with Crippen LogP contribution in [0, 0.1) is 12.8 Å². The molecule has 0 saturated heterocycles. The second-order valence-corrected chi connectivity index (χ2v) is 17.3. The number of benzene rings is 5. The molecule has 1 aliphatic rings. The lowest BCUT2D eigenvalue weighted by molar-refractivity contribution is 0.630. The van der Waals surface area contributed by atoms with Crippen LogP contribution in [0.5, 0.6) is 0 Å². The summed E-state index contributed by atoms with van der Waals surface area (Å²) in [4.78, 5) is 0. The number of aryl methyl sites for hydroxylation is 1. The molecule has 0 saturated carbocycles. The van der Waals surface area contributed by atoms with Crippen molar-refractivity contribution in [3.63, 3.8) is 0 Å². The lowest BCUT2D eigenvalue weighted by Gasteiger charge is -2.34. The molecule has 5 aromatic carbocycles. The summed E-state index contributed by atoms with van der Waals surface area (Å²) in [5, 5.41) is 5.19. The van der Waals surface area contributed by atoms with E-state index in [-0.39, 0.29) is 10.8 Å². The Morgan fingerprint density at radius 1 is 0.734 bits per heavy atom. The van der Waals surface area contributed by atoms with E-state index in [4.69, 9.17) is 0 Å². The van der Waals surface area contributed by atoms with Gasteiger partial charge in [-0.2, -0.15) is 0 Å². The van der Waals surface area contributed by atoms with Gasteiger partial charge in [-0.3, -0.25) is 0 Å². The summed E-state index contributed by atoms with van der Waals surface area (Å²) in [5.41, 5.74) is 19.7. The van der Waals surface area contributed by atoms with Crippen LogP contribution in [0.15, 0.2) is 176 Å². The lowest BCUT2D eigenvalue weighted by atomic mass is 9.75. The summed E-state index contributed by atoms with van der Waals surface area (Å²) in [6, 6.07) is 38.1. The second-order valence-electron chi connectivity index (χ2n) is 17.3. The highest BCUT2D eigenvalue weighted by molar-refractivity contribution is 6.12. The van der Waals surface area contributed by atoms with E-state index in [1.165, 1.54) is 89.5 Å². The van der Waals surface area contributed by atoms with Gasteiger partial charge in [0.1, 0.15) is 0 Å². The van der Waals surface area contributed by atoms with Gasteiger partial charge in [0.25, 0.3) is 0 Å². The maximum atomic E-state index is 4.50. The van der Waals surface area contributed by atoms with E-state index in [0.717, 1.165) is 5.57 Å². The van der Waals surface area contributed by atoms with Gasteiger partial charge in [0.05, 0.1) is 16.7 Å². The SMILES string of the molecule is C=C(/C=C(C)/C=C\C)C(C)(C)c1cc(-c2ccc3c(c2)c2cccc4c2n3-c2ccccc2C4(C)C)ccc1C.C=CC.CC.CN.C\C=C/C(=C\C=c1\cccc\c1=C\C)C(C)C. The molecule has 0 amide bonds. The van der Waals surface area contributed by atoms with Crippen molar-refractivity contribution in [1.29, 1.82) is 0 Å². The summed E-state index contributed by atoms with van der Waals surface area (Å²) < 4.78 is 2.48. The van der Waals surface area contributed by atoms with Crippen molar-refractivity contribution >= 4 is 34.0 Å². The lowest BCUT2D eigenvalue weighted by Crippen LogP contribution is -2.26. The fraction of sp³-hybridized carbons (Fsp3) is 0.290. The average Bonchev–Trinajstić information content (AvgIpc) is 3.63. The van der Waals surface area contributed by atoms with Crippen LogP contribution < -0.4 is 16.2 Å². The first kappa shape index (κ1) is 52.4. The van der Waals surface area contributed by atoms with E-state index in [2.05, 4.69) is 251 Å². The van der Waals surface area contributed by atoms with Crippen LogP contribution in [0.1, 0.15) is 112 Å². The standard InChI is InChI=1S/C39H39N.C17H22.C3H6.C2H6.CH5N/c1-9-13-25(2)22-27(4)38(5,6)34-24-29(19-18-26(34)3)28-20-21-35-31(23-28)30-14-12-16-33-37(30)40(35)36-17-11-10-15-32(36)39(33,7)8;1-5-9-16(14(3)4)12-13-17-11-8-7-10-15(17)6-2;1-3-2;2*1-2/h9-24H,4H2,1-3,5-8H3;5-14H,1-4H3;3H,1H2,2H3;1-2H3;2H2,1H3/b13-9-,25-22+;9-5-,15-6-,16-12+,17-13-;;;. The van der Waals surface area contributed by atoms with E-state index in [1.807, 2.05) is 20.8 Å². The number of nitrogens with two attached hydrogens (primary N) is 1. The van der Waals surface area contributed by atoms with Gasteiger partial charge < -0.3 is 10.3 Å². The zero-order chi connectivity index (χ0) is 47.8. The minimum atomic E-state index is -0.188. The Kier molecular flexibility index (Phi) is 19.8. The average molecular weight is 851 g/mol. The van der Waals surface area contributed by atoms with Crippen LogP contribution in [0.2, 0.25) is 0 Å². The first-order chi connectivity index (χ1) is 30.7. The van der Waals surface area contributed by atoms with Gasteiger partial charge in [0.15, 0.2) is 0 Å². The predicted molar refractivity (Wildman–Crippen MR) is 289 cm³/mol. The fourth-order valence-electron chi connectivity index (χ4n) is 8.50. The molecule has 0 spiro atoms. The van der Waals surface area contributed by atoms with Crippen LogP contribution >= 0.6 is 0 Å². The van der Waals surface area contributed by atoms with Crippen molar-refractivity contribution in [2.75, 3.05) is 7.05 Å². The minimum Gasteiger partial charge on any atom is -0.333 e. The molecule has 0 atom stereocenters. The molecule has 0 aliphatic carbocycles. The molecule has 0 radical (unpaired) electrons. The quantitative estimate of drug-likeness (QED) is 0.120. The fourth-order valence-corrected chi connectivity index (χ4v) is 8.50. The highest BCUT2D eigenvalue weighted by Crippen LogP contribution is 2.48. The Bertz CT molecular complexity index is 2770. The zero-order valence-corrected chi connectivity index (χ0v) is 42.0. The monoisotopic (exact) mass is 851 g/mol. The molecule has 64 heavy (non-hydrogen) atoms. The third-order valence-corrected chi connectivity index (χ3v) is 11.9. The number of hydrogen-bond donors (Lipinski definition) is 1. The predicted octanol–water partition coefficient (Wildman–Crippen LogP) is 16.0. The van der Waals surface area contributed by atoms with Crippen molar-refractivity contribution in [1.82, 2.24) is 4.57 Å². The first-order valence-electron chi connectivity index (χ1n) is 23.2. The Balaban J connectivity index is 0.000000380. The van der Waals surface area contributed by atoms with E-state index < -0.39 is 0 Å². The number of aromatic nitrogens is 1. The molecule has 2 N–H and O–H groups in total. The van der Waals surface area contributed by atoms with Gasteiger partial charge in [-0.1, -0.05) is 207 Å². The van der Waals surface area contributed by atoms with Crippen molar-refractivity contribution in [2.24, 2.45) is 11.7 Å². The van der Waals surface area contributed by atoms with Gasteiger partial charge in [0.2, 0.25) is 0 Å². The van der Waals surface area contributed by atoms with Crippen molar-refractivity contribution in [3.8, 4) is 16.8 Å². The van der Waals surface area contributed by atoms with Crippen LogP contribution in [0.25, 0.3) is 50.8 Å². The van der Waals surface area contributed by atoms with Gasteiger partial charge in [-0.25, -0.2) is 0 Å². The Morgan fingerprint density at radius 2 is 1.31 bits per heavy atom. The molecule has 2 heterocycles. The molecule has 6 aromatic rings. The largest absolute Gasteiger partial charge is 0.333 e. The minimum absolute atomic E-state index is 0.0527. The Labute approximate surface area is 388 Å². The van der Waals surface area contributed by atoms with Gasteiger partial charge in [0, 0.05) is 21.6 Å². The molecule has 0 bridgehead atoms. The molecule has 0 unspecified atom stereocenters. The second kappa shape index (κ2) is 24.2. The molecule has 0 fully saturated rings. The topological polar surface area (TPSA) is 30.9 Å². The molecule has 1 aliphatic heterocycles. The van der Waals surface area contributed by atoms with Crippen molar-refractivity contribution in [3.05, 3.63) is 208 Å². The molecular formula is C62H78N2. The molecule has 336 valence electrons. The van der Waals surface area contributed by atoms with Gasteiger partial charge in [-0.05, 0) is 128 Å². The van der Waals surface area contributed by atoms with Crippen LogP contribution in [-0.2, 0) is 10.8 Å². The summed E-state index contributed by atoms with van der Waals surface area (Å²) in [5.74, 6) is 0.556. The van der Waals surface area contributed by atoms with Crippen LogP contribution in [0.3, 0.4) is 0 Å². The third-order valence-electron chi connectivity index (χ3n) is 11.9. The summed E-state index contributed by atoms with van der Waals surface area (Å²) >= 11 is 0. The smallest absolute Gasteiger partial charge is 0.0582 e. The molecule has 7 rings (SSSR count). The Hall–Kier alpha value is -5.96. The number of allylic oxidation sites excluding steroid dienone is 10. The number of fused-ring (bicyclic) bond motifs is 5. The number of para-hydroxylation sites is 2. The molecule has 2 heteroatoms. The third kappa shape index (κ3) is 11.6. The maximum absolute atomic E-state index is 4.50. The Morgan fingerprint density at radius 3 is 1.94 bits per heavy atom. The molecular weight excluding hydrogens is 773 g/mol. The van der Waals surface area contributed by atoms with E-state index in [1.54, 1.807) is 6.08 Å². The first-order valence-corrected chi connectivity index (χ1v) is 23.2. The molecule has 2 nitrogen and oxygen atoms in total. The van der Waals surface area contributed by atoms with Gasteiger partial charge in [-0.15, -0.1) is 6.58 Å². The number of nitrogens with zero attached hydrogens (tertiary/aromatic N) is 1. The van der Waals surface area contributed by atoms with Crippen molar-refractivity contribution in [2.45, 2.75) is 108 Å². The van der Waals surface area contributed by atoms with Crippen LogP contribution in [-0.4, -0.2) is 11.6 Å². The number of rotatable bonds is 8. The maximum Gasteiger partial charge on any atom is 0.0582 e. The number of hydrogen-bond acceptors (Lipinski definition) is 1. The van der Waals surface area contributed by atoms with E-state index in [0.29, 0.717) is 5.92 Å². The summed E-state index contributed by atoms with van der Waals surface area (Å²) in [6.45, 7) is 38.0. The molecule has 1 aromatic heterocycles. The van der Waals surface area contributed by atoms with Crippen LogP contribution in [0.4, 0.5) is 0 Å². The van der Waals surface area contributed by atoms with Crippen molar-refractivity contribution < 1.29 is 0 Å². The van der Waals surface area contributed by atoms with Gasteiger partial charge >= 0.3 is 0 Å². The summed E-state index contributed by atoms with van der Waals surface area (Å²) in [7, 11) is 1.50. The zero-order valence-electron chi connectivity index (χ0n) is 42.0.